The Labute approximate surface area is 133 Å². The molecule has 0 aromatic carbocycles. The van der Waals surface area contributed by atoms with Crippen LogP contribution in [0.2, 0.25) is 0 Å². The number of likely N-dealkylation sites (tertiary alicyclic amines) is 2. The second kappa shape index (κ2) is 7.32. The molecule has 1 atom stereocenters. The first-order chi connectivity index (χ1) is 10.7. The van der Waals surface area contributed by atoms with E-state index in [4.69, 9.17) is 4.42 Å². The molecule has 0 spiro atoms. The van der Waals surface area contributed by atoms with Crippen LogP contribution in [0.25, 0.3) is 0 Å². The van der Waals surface area contributed by atoms with Gasteiger partial charge in [0.05, 0.1) is 11.8 Å². The number of amides is 1. The summed E-state index contributed by atoms with van der Waals surface area (Å²) < 4.78 is 5.03. The maximum Gasteiger partial charge on any atom is 0.257 e. The summed E-state index contributed by atoms with van der Waals surface area (Å²) in [5.74, 6) is 1.77. The molecule has 2 aliphatic heterocycles. The maximum absolute atomic E-state index is 12.4. The largest absolute Gasteiger partial charge is 0.472 e. The Morgan fingerprint density at radius 2 is 2.00 bits per heavy atom. The van der Waals surface area contributed by atoms with E-state index in [-0.39, 0.29) is 5.91 Å². The van der Waals surface area contributed by atoms with E-state index in [1.54, 1.807) is 18.6 Å². The van der Waals surface area contributed by atoms with Crippen LogP contribution in [-0.2, 0) is 0 Å². The topological polar surface area (TPSA) is 36.7 Å². The summed E-state index contributed by atoms with van der Waals surface area (Å²) in [6, 6.07) is 1.76. The van der Waals surface area contributed by atoms with Crippen LogP contribution in [0.15, 0.2) is 23.0 Å². The lowest BCUT2D eigenvalue weighted by molar-refractivity contribution is 0.0757. The molecular formula is C18H28N2O2. The first-order valence-corrected chi connectivity index (χ1v) is 8.76. The van der Waals surface area contributed by atoms with Gasteiger partial charge in [-0.2, -0.15) is 0 Å². The normalized spacial score (nSPS) is 25.1. The molecule has 2 aliphatic rings. The minimum absolute atomic E-state index is 0.126. The van der Waals surface area contributed by atoms with Gasteiger partial charge < -0.3 is 14.2 Å². The molecule has 3 rings (SSSR count). The van der Waals surface area contributed by atoms with E-state index in [9.17, 15) is 4.79 Å². The summed E-state index contributed by atoms with van der Waals surface area (Å²) in [6.45, 7) is 7.88. The van der Waals surface area contributed by atoms with Crippen molar-refractivity contribution in [2.75, 3.05) is 32.7 Å². The van der Waals surface area contributed by atoms with E-state index in [0.717, 1.165) is 37.8 Å². The van der Waals surface area contributed by atoms with E-state index in [1.165, 1.54) is 38.9 Å². The predicted molar refractivity (Wildman–Crippen MR) is 86.8 cm³/mol. The number of furan rings is 1. The summed E-state index contributed by atoms with van der Waals surface area (Å²) in [4.78, 5) is 17.0. The molecule has 0 saturated carbocycles. The lowest BCUT2D eigenvalue weighted by atomic mass is 9.95. The Morgan fingerprint density at radius 1 is 1.18 bits per heavy atom. The highest BCUT2D eigenvalue weighted by Crippen LogP contribution is 2.23. The highest BCUT2D eigenvalue weighted by molar-refractivity contribution is 5.93. The van der Waals surface area contributed by atoms with Crippen LogP contribution in [0, 0.1) is 11.8 Å². The second-order valence-corrected chi connectivity index (χ2v) is 7.08. The van der Waals surface area contributed by atoms with Crippen molar-refractivity contribution in [2.45, 2.75) is 39.0 Å². The average molecular weight is 304 g/mol. The highest BCUT2D eigenvalue weighted by atomic mass is 16.3. The monoisotopic (exact) mass is 304 g/mol. The first-order valence-electron chi connectivity index (χ1n) is 8.76. The van der Waals surface area contributed by atoms with Crippen molar-refractivity contribution in [3.63, 3.8) is 0 Å². The van der Waals surface area contributed by atoms with Gasteiger partial charge in [-0.25, -0.2) is 0 Å². The molecule has 0 bridgehead atoms. The van der Waals surface area contributed by atoms with Crippen molar-refractivity contribution in [2.24, 2.45) is 11.8 Å². The molecule has 4 nitrogen and oxygen atoms in total. The quantitative estimate of drug-likeness (QED) is 0.860. The van der Waals surface area contributed by atoms with Crippen LogP contribution in [0.3, 0.4) is 0 Å². The molecular weight excluding hydrogens is 276 g/mol. The Hall–Kier alpha value is -1.29. The average Bonchev–Trinajstić information content (AvgIpc) is 2.96. The molecule has 1 amide bonds. The molecule has 3 heterocycles. The molecule has 4 heteroatoms. The molecule has 22 heavy (non-hydrogen) atoms. The number of hydrogen-bond donors (Lipinski definition) is 0. The van der Waals surface area contributed by atoms with Crippen molar-refractivity contribution >= 4 is 5.91 Å². The van der Waals surface area contributed by atoms with Crippen molar-refractivity contribution in [3.8, 4) is 0 Å². The zero-order chi connectivity index (χ0) is 15.4. The summed E-state index contributed by atoms with van der Waals surface area (Å²) in [5.41, 5.74) is 0.684. The summed E-state index contributed by atoms with van der Waals surface area (Å²) in [6.07, 6.45) is 9.33. The minimum atomic E-state index is 0.126. The molecule has 0 N–H and O–H groups in total. The van der Waals surface area contributed by atoms with Gasteiger partial charge >= 0.3 is 0 Å². The smallest absolute Gasteiger partial charge is 0.257 e. The second-order valence-electron chi connectivity index (χ2n) is 7.08. The third-order valence-corrected chi connectivity index (χ3v) is 5.30. The SMILES string of the molecule is CC1CCN(CC2CCCN(C(=O)c3ccoc3)CC2)CC1. The molecule has 122 valence electrons. The number of hydrogen-bond acceptors (Lipinski definition) is 3. The zero-order valence-electron chi connectivity index (χ0n) is 13.7. The van der Waals surface area contributed by atoms with E-state index in [0.29, 0.717) is 5.56 Å². The highest BCUT2D eigenvalue weighted by Gasteiger charge is 2.24. The van der Waals surface area contributed by atoms with Crippen LogP contribution in [0.4, 0.5) is 0 Å². The number of carbonyl (C=O) groups is 1. The molecule has 1 unspecified atom stereocenters. The Morgan fingerprint density at radius 3 is 2.73 bits per heavy atom. The summed E-state index contributed by atoms with van der Waals surface area (Å²) >= 11 is 0. The van der Waals surface area contributed by atoms with E-state index < -0.39 is 0 Å². The zero-order valence-corrected chi connectivity index (χ0v) is 13.7. The van der Waals surface area contributed by atoms with E-state index >= 15 is 0 Å². The number of piperidine rings is 1. The van der Waals surface area contributed by atoms with Crippen molar-refractivity contribution in [1.29, 1.82) is 0 Å². The van der Waals surface area contributed by atoms with Gasteiger partial charge in [0.2, 0.25) is 0 Å². The van der Waals surface area contributed by atoms with Crippen LogP contribution in [0.5, 0.6) is 0 Å². The fraction of sp³-hybridized carbons (Fsp3) is 0.722. The van der Waals surface area contributed by atoms with Gasteiger partial charge in [0, 0.05) is 19.6 Å². The van der Waals surface area contributed by atoms with E-state index in [1.807, 2.05) is 4.90 Å². The fourth-order valence-electron chi connectivity index (χ4n) is 3.73. The van der Waals surface area contributed by atoms with Crippen LogP contribution >= 0.6 is 0 Å². The van der Waals surface area contributed by atoms with Gasteiger partial charge in [-0.1, -0.05) is 6.92 Å². The Balaban J connectivity index is 1.48. The number of rotatable bonds is 3. The molecule has 1 aromatic heterocycles. The van der Waals surface area contributed by atoms with Gasteiger partial charge in [0.1, 0.15) is 6.26 Å². The molecule has 2 saturated heterocycles. The van der Waals surface area contributed by atoms with Gasteiger partial charge in [0.15, 0.2) is 0 Å². The fourth-order valence-corrected chi connectivity index (χ4v) is 3.73. The number of nitrogens with zero attached hydrogens (tertiary/aromatic N) is 2. The maximum atomic E-state index is 12.4. The standard InChI is InChI=1S/C18H28N2O2/c1-15-4-9-19(10-5-15)13-16-3-2-8-20(11-6-16)18(21)17-7-12-22-14-17/h7,12,14-16H,2-6,8-11,13H2,1H3. The van der Waals surface area contributed by atoms with Crippen molar-refractivity contribution in [1.82, 2.24) is 9.80 Å². The summed E-state index contributed by atoms with van der Waals surface area (Å²) in [5, 5.41) is 0. The molecule has 2 fully saturated rings. The summed E-state index contributed by atoms with van der Waals surface area (Å²) in [7, 11) is 0. The third kappa shape index (κ3) is 3.92. The lowest BCUT2D eigenvalue weighted by Gasteiger charge is -2.32. The molecule has 1 aromatic rings. The Kier molecular flexibility index (Phi) is 5.19. The number of carbonyl (C=O) groups excluding carboxylic acids is 1. The van der Waals surface area contributed by atoms with Gasteiger partial charge in [-0.05, 0) is 63.1 Å². The van der Waals surface area contributed by atoms with Crippen LogP contribution < -0.4 is 0 Å². The lowest BCUT2D eigenvalue weighted by Crippen LogP contribution is -2.37. The van der Waals surface area contributed by atoms with Crippen molar-refractivity contribution in [3.05, 3.63) is 24.2 Å². The first kappa shape index (κ1) is 15.6. The van der Waals surface area contributed by atoms with Gasteiger partial charge in [-0.15, -0.1) is 0 Å². The van der Waals surface area contributed by atoms with Gasteiger partial charge in [0.25, 0.3) is 5.91 Å². The predicted octanol–water partition coefficient (Wildman–Crippen LogP) is 3.25. The molecule has 0 aliphatic carbocycles. The van der Waals surface area contributed by atoms with Crippen molar-refractivity contribution < 1.29 is 9.21 Å². The van der Waals surface area contributed by atoms with E-state index in [2.05, 4.69) is 11.8 Å². The minimum Gasteiger partial charge on any atom is -0.472 e. The van der Waals surface area contributed by atoms with Crippen LogP contribution in [-0.4, -0.2) is 48.4 Å². The third-order valence-electron chi connectivity index (χ3n) is 5.30. The van der Waals surface area contributed by atoms with Gasteiger partial charge in [-0.3, -0.25) is 4.79 Å². The Bertz CT molecular complexity index is 463. The van der Waals surface area contributed by atoms with Crippen LogP contribution in [0.1, 0.15) is 49.4 Å². The molecule has 0 radical (unpaired) electrons.